The van der Waals surface area contributed by atoms with Gasteiger partial charge in [0.1, 0.15) is 0 Å². The lowest BCUT2D eigenvalue weighted by Crippen LogP contribution is -2.48. The van der Waals surface area contributed by atoms with E-state index in [1.54, 1.807) is 12.1 Å². The van der Waals surface area contributed by atoms with Crippen LogP contribution in [-0.2, 0) is 10.0 Å². The number of aryl methyl sites for hydroxylation is 1. The standard InChI is InChI=1S/C22H32N4O2S/c1-18-5-11-21(12-6-18)29(27,28)23-17-22(26-15-13-25(4)14-16-26)19-7-9-20(10-8-19)24(2)3/h5-12,22-23H,13-17H2,1-4H3/t22-/m1/s1. The first-order valence-electron chi connectivity index (χ1n) is 10.0. The molecule has 1 heterocycles. The zero-order valence-electron chi connectivity index (χ0n) is 17.8. The molecule has 3 rings (SSSR count). The summed E-state index contributed by atoms with van der Waals surface area (Å²) in [4.78, 5) is 7.05. The third-order valence-electron chi connectivity index (χ3n) is 5.57. The average Bonchev–Trinajstić information content (AvgIpc) is 2.70. The maximum Gasteiger partial charge on any atom is 0.240 e. The summed E-state index contributed by atoms with van der Waals surface area (Å²) in [5.74, 6) is 0. The number of piperazine rings is 1. The second-order valence-electron chi connectivity index (χ2n) is 8.01. The first-order valence-corrected chi connectivity index (χ1v) is 11.5. The van der Waals surface area contributed by atoms with Gasteiger partial charge in [-0.05, 0) is 43.8 Å². The summed E-state index contributed by atoms with van der Waals surface area (Å²) in [6, 6.07) is 15.4. The molecule has 0 aliphatic carbocycles. The maximum atomic E-state index is 12.8. The molecular formula is C22H32N4O2S. The van der Waals surface area contributed by atoms with E-state index in [9.17, 15) is 8.42 Å². The Hall–Kier alpha value is -1.93. The van der Waals surface area contributed by atoms with E-state index in [2.05, 4.69) is 50.7 Å². The van der Waals surface area contributed by atoms with Gasteiger partial charge in [-0.2, -0.15) is 0 Å². The first kappa shape index (κ1) is 21.8. The van der Waals surface area contributed by atoms with Crippen LogP contribution in [0.15, 0.2) is 53.4 Å². The Morgan fingerprint density at radius 3 is 2.10 bits per heavy atom. The second kappa shape index (κ2) is 9.26. The molecule has 7 heteroatoms. The SMILES string of the molecule is Cc1ccc(S(=O)(=O)NC[C@H](c2ccc(N(C)C)cc2)N2CCN(C)CC2)cc1. The van der Waals surface area contributed by atoms with E-state index in [-0.39, 0.29) is 6.04 Å². The van der Waals surface area contributed by atoms with Crippen molar-refractivity contribution < 1.29 is 8.42 Å². The van der Waals surface area contributed by atoms with Gasteiger partial charge in [0.15, 0.2) is 0 Å². The van der Waals surface area contributed by atoms with Crippen LogP contribution in [0, 0.1) is 6.92 Å². The molecule has 1 aliphatic rings. The summed E-state index contributed by atoms with van der Waals surface area (Å²) in [6.45, 7) is 6.10. The van der Waals surface area contributed by atoms with E-state index in [0.717, 1.165) is 43.0 Å². The van der Waals surface area contributed by atoms with Crippen LogP contribution in [-0.4, -0.2) is 72.1 Å². The number of hydrogen-bond acceptors (Lipinski definition) is 5. The van der Waals surface area contributed by atoms with Crippen molar-refractivity contribution in [1.82, 2.24) is 14.5 Å². The molecule has 29 heavy (non-hydrogen) atoms. The largest absolute Gasteiger partial charge is 0.378 e. The number of rotatable bonds is 7. The lowest BCUT2D eigenvalue weighted by atomic mass is 10.0. The minimum absolute atomic E-state index is 0.000126. The summed E-state index contributed by atoms with van der Waals surface area (Å²) in [5.41, 5.74) is 3.30. The predicted octanol–water partition coefficient (Wildman–Crippen LogP) is 2.33. The highest BCUT2D eigenvalue weighted by molar-refractivity contribution is 7.89. The average molecular weight is 417 g/mol. The van der Waals surface area contributed by atoms with Gasteiger partial charge in [0, 0.05) is 58.5 Å². The number of sulfonamides is 1. The van der Waals surface area contributed by atoms with Gasteiger partial charge in [0.05, 0.1) is 4.90 Å². The van der Waals surface area contributed by atoms with Crippen LogP contribution < -0.4 is 9.62 Å². The topological polar surface area (TPSA) is 55.9 Å². The Bertz CT molecular complexity index is 887. The molecule has 0 amide bonds. The van der Waals surface area contributed by atoms with Crippen LogP contribution in [0.4, 0.5) is 5.69 Å². The van der Waals surface area contributed by atoms with Crippen molar-refractivity contribution in [2.24, 2.45) is 0 Å². The van der Waals surface area contributed by atoms with Crippen molar-refractivity contribution in [2.75, 3.05) is 58.8 Å². The Labute approximate surface area is 175 Å². The predicted molar refractivity (Wildman–Crippen MR) is 119 cm³/mol. The second-order valence-corrected chi connectivity index (χ2v) is 9.77. The molecule has 2 aromatic rings. The van der Waals surface area contributed by atoms with Crippen molar-refractivity contribution in [2.45, 2.75) is 17.9 Å². The third-order valence-corrected chi connectivity index (χ3v) is 7.01. The molecule has 0 aromatic heterocycles. The zero-order valence-corrected chi connectivity index (χ0v) is 18.6. The molecule has 1 N–H and O–H groups in total. The van der Waals surface area contributed by atoms with E-state index in [4.69, 9.17) is 0 Å². The van der Waals surface area contributed by atoms with E-state index >= 15 is 0 Å². The minimum atomic E-state index is -3.55. The molecule has 2 aromatic carbocycles. The fraction of sp³-hybridized carbons (Fsp3) is 0.455. The molecule has 0 unspecified atom stereocenters. The lowest BCUT2D eigenvalue weighted by Gasteiger charge is -2.38. The van der Waals surface area contributed by atoms with Crippen LogP contribution in [0.5, 0.6) is 0 Å². The summed E-state index contributed by atoms with van der Waals surface area (Å²) < 4.78 is 28.5. The van der Waals surface area contributed by atoms with Gasteiger partial charge in [-0.1, -0.05) is 29.8 Å². The van der Waals surface area contributed by atoms with Gasteiger partial charge in [-0.25, -0.2) is 13.1 Å². The van der Waals surface area contributed by atoms with Gasteiger partial charge in [0.25, 0.3) is 0 Å². The molecule has 6 nitrogen and oxygen atoms in total. The van der Waals surface area contributed by atoms with Crippen LogP contribution in [0.1, 0.15) is 17.2 Å². The Morgan fingerprint density at radius 2 is 1.55 bits per heavy atom. The number of likely N-dealkylation sites (N-methyl/N-ethyl adjacent to an activating group) is 1. The smallest absolute Gasteiger partial charge is 0.240 e. The van der Waals surface area contributed by atoms with Crippen LogP contribution in [0.25, 0.3) is 0 Å². The van der Waals surface area contributed by atoms with Crippen molar-refractivity contribution in [3.8, 4) is 0 Å². The van der Waals surface area contributed by atoms with Gasteiger partial charge >= 0.3 is 0 Å². The van der Waals surface area contributed by atoms with Gasteiger partial charge in [0.2, 0.25) is 10.0 Å². The number of hydrogen-bond donors (Lipinski definition) is 1. The Morgan fingerprint density at radius 1 is 0.966 bits per heavy atom. The summed E-state index contributed by atoms with van der Waals surface area (Å²) in [5, 5.41) is 0. The highest BCUT2D eigenvalue weighted by atomic mass is 32.2. The van der Waals surface area contributed by atoms with E-state index in [1.165, 1.54) is 0 Å². The number of nitrogens with one attached hydrogen (secondary N) is 1. The first-order chi connectivity index (χ1) is 13.8. The third kappa shape index (κ3) is 5.57. The van der Waals surface area contributed by atoms with Crippen LogP contribution in [0.2, 0.25) is 0 Å². The molecule has 0 bridgehead atoms. The molecule has 158 valence electrons. The fourth-order valence-corrected chi connectivity index (χ4v) is 4.61. The van der Waals surface area contributed by atoms with Crippen LogP contribution >= 0.6 is 0 Å². The fourth-order valence-electron chi connectivity index (χ4n) is 3.58. The van der Waals surface area contributed by atoms with E-state index < -0.39 is 10.0 Å². The zero-order chi connectivity index (χ0) is 21.0. The summed E-state index contributed by atoms with van der Waals surface area (Å²) in [6.07, 6.45) is 0. The normalized spacial score (nSPS) is 17.2. The summed E-state index contributed by atoms with van der Waals surface area (Å²) >= 11 is 0. The number of nitrogens with zero attached hydrogens (tertiary/aromatic N) is 3. The van der Waals surface area contributed by atoms with E-state index in [1.807, 2.05) is 33.2 Å². The Balaban J connectivity index is 1.80. The molecule has 1 saturated heterocycles. The molecule has 0 spiro atoms. The van der Waals surface area contributed by atoms with Gasteiger partial charge in [-0.3, -0.25) is 4.90 Å². The molecule has 0 radical (unpaired) electrons. The van der Waals surface area contributed by atoms with Crippen molar-refractivity contribution >= 4 is 15.7 Å². The Kier molecular flexibility index (Phi) is 6.95. The highest BCUT2D eigenvalue weighted by Crippen LogP contribution is 2.24. The molecule has 1 aliphatic heterocycles. The maximum absolute atomic E-state index is 12.8. The van der Waals surface area contributed by atoms with Gasteiger partial charge in [-0.15, -0.1) is 0 Å². The number of benzene rings is 2. The molecule has 1 atom stereocenters. The molecule has 1 fully saturated rings. The highest BCUT2D eigenvalue weighted by Gasteiger charge is 2.26. The molecule has 0 saturated carbocycles. The summed E-state index contributed by atoms with van der Waals surface area (Å²) in [7, 11) is 2.61. The van der Waals surface area contributed by atoms with Gasteiger partial charge < -0.3 is 9.80 Å². The van der Waals surface area contributed by atoms with Crippen molar-refractivity contribution in [1.29, 1.82) is 0 Å². The van der Waals surface area contributed by atoms with Crippen molar-refractivity contribution in [3.05, 3.63) is 59.7 Å². The lowest BCUT2D eigenvalue weighted by molar-refractivity contribution is 0.113. The van der Waals surface area contributed by atoms with Crippen LogP contribution in [0.3, 0.4) is 0 Å². The van der Waals surface area contributed by atoms with E-state index in [0.29, 0.717) is 11.4 Å². The van der Waals surface area contributed by atoms with Crippen molar-refractivity contribution in [3.63, 3.8) is 0 Å². The minimum Gasteiger partial charge on any atom is -0.378 e. The monoisotopic (exact) mass is 416 g/mol. The quantitative estimate of drug-likeness (QED) is 0.751. The molecular weight excluding hydrogens is 384 g/mol. The number of anilines is 1.